The molecule has 0 atom stereocenters. The Labute approximate surface area is 138 Å². The molecular weight excluding hydrogens is 292 g/mol. The Morgan fingerprint density at radius 3 is 2.26 bits per heavy atom. The molecule has 1 saturated heterocycles. The predicted octanol–water partition coefficient (Wildman–Crippen LogP) is 2.96. The molecule has 23 heavy (non-hydrogen) atoms. The molecule has 0 bridgehead atoms. The second-order valence-corrected chi connectivity index (χ2v) is 6.21. The molecule has 0 spiro atoms. The van der Waals surface area contributed by atoms with Crippen LogP contribution in [0.25, 0.3) is 0 Å². The Bertz CT molecular complexity index is 567. The van der Waals surface area contributed by atoms with Crippen LogP contribution in [0.3, 0.4) is 0 Å². The average Bonchev–Trinajstić information content (AvgIpc) is 2.47. The lowest BCUT2D eigenvalue weighted by Gasteiger charge is -2.31. The van der Waals surface area contributed by atoms with Crippen molar-refractivity contribution in [3.05, 3.63) is 34.4 Å². The number of aryl methyl sites for hydroxylation is 3. The number of carbonyl (C=O) groups excluding carboxylic acids is 2. The lowest BCUT2D eigenvalue weighted by Crippen LogP contribution is -2.46. The highest BCUT2D eigenvalue weighted by molar-refractivity contribution is 5.97. The zero-order chi connectivity index (χ0) is 17.0. The van der Waals surface area contributed by atoms with Crippen molar-refractivity contribution in [3.63, 3.8) is 0 Å². The van der Waals surface area contributed by atoms with E-state index in [0.29, 0.717) is 19.7 Å². The van der Waals surface area contributed by atoms with E-state index in [0.717, 1.165) is 29.5 Å². The molecule has 1 heterocycles. The van der Waals surface area contributed by atoms with Crippen LogP contribution in [-0.4, -0.2) is 42.6 Å². The van der Waals surface area contributed by atoms with E-state index in [4.69, 9.17) is 4.74 Å². The first-order valence-electron chi connectivity index (χ1n) is 8.22. The Hall–Kier alpha value is -2.04. The number of carbonyl (C=O) groups is 2. The van der Waals surface area contributed by atoms with Crippen molar-refractivity contribution in [3.8, 4) is 0 Å². The van der Waals surface area contributed by atoms with E-state index in [1.54, 1.807) is 11.8 Å². The maximum Gasteiger partial charge on any atom is 0.409 e. The highest BCUT2D eigenvalue weighted by Crippen LogP contribution is 2.18. The van der Waals surface area contributed by atoms with Gasteiger partial charge < -0.3 is 15.0 Å². The predicted molar refractivity (Wildman–Crippen MR) is 89.7 cm³/mol. The van der Waals surface area contributed by atoms with Gasteiger partial charge in [0.1, 0.15) is 0 Å². The summed E-state index contributed by atoms with van der Waals surface area (Å²) in [6.07, 6.45) is 1.26. The first kappa shape index (κ1) is 17.3. The van der Waals surface area contributed by atoms with E-state index in [-0.39, 0.29) is 18.0 Å². The Kier molecular flexibility index (Phi) is 5.64. The molecule has 2 amide bonds. The molecule has 0 unspecified atom stereocenters. The summed E-state index contributed by atoms with van der Waals surface area (Å²) in [5.41, 5.74) is 3.94. The van der Waals surface area contributed by atoms with Gasteiger partial charge in [-0.15, -0.1) is 0 Å². The molecule has 1 fully saturated rings. The van der Waals surface area contributed by atoms with Gasteiger partial charge in [-0.05, 0) is 51.7 Å². The number of piperidine rings is 1. The number of hydrogen-bond donors (Lipinski definition) is 1. The molecule has 1 aliphatic rings. The van der Waals surface area contributed by atoms with Gasteiger partial charge in [-0.3, -0.25) is 4.79 Å². The minimum absolute atomic E-state index is 0.0189. The van der Waals surface area contributed by atoms with Crippen LogP contribution in [0.15, 0.2) is 12.1 Å². The smallest absolute Gasteiger partial charge is 0.409 e. The molecule has 0 aliphatic carbocycles. The zero-order valence-electron chi connectivity index (χ0n) is 14.4. The molecule has 1 aromatic rings. The summed E-state index contributed by atoms with van der Waals surface area (Å²) in [5.74, 6) is -0.0189. The third-order valence-electron chi connectivity index (χ3n) is 4.26. The van der Waals surface area contributed by atoms with Crippen LogP contribution in [0.2, 0.25) is 0 Å². The van der Waals surface area contributed by atoms with Crippen molar-refractivity contribution in [2.24, 2.45) is 0 Å². The molecule has 0 radical (unpaired) electrons. The fourth-order valence-corrected chi connectivity index (χ4v) is 3.22. The summed E-state index contributed by atoms with van der Waals surface area (Å²) in [5, 5.41) is 3.11. The van der Waals surface area contributed by atoms with Crippen LogP contribution in [-0.2, 0) is 4.74 Å². The van der Waals surface area contributed by atoms with Gasteiger partial charge in [0.25, 0.3) is 5.91 Å². The number of benzene rings is 1. The largest absolute Gasteiger partial charge is 0.450 e. The maximum atomic E-state index is 12.6. The van der Waals surface area contributed by atoms with Crippen LogP contribution < -0.4 is 5.32 Å². The normalized spacial score (nSPS) is 15.4. The van der Waals surface area contributed by atoms with Gasteiger partial charge in [0.2, 0.25) is 0 Å². The second-order valence-electron chi connectivity index (χ2n) is 6.21. The van der Waals surface area contributed by atoms with Crippen molar-refractivity contribution in [1.29, 1.82) is 0 Å². The van der Waals surface area contributed by atoms with Crippen LogP contribution >= 0.6 is 0 Å². The molecule has 1 aliphatic heterocycles. The van der Waals surface area contributed by atoms with Gasteiger partial charge in [-0.1, -0.05) is 17.7 Å². The van der Waals surface area contributed by atoms with Gasteiger partial charge in [0.05, 0.1) is 6.61 Å². The van der Waals surface area contributed by atoms with Crippen LogP contribution in [0, 0.1) is 20.8 Å². The van der Waals surface area contributed by atoms with Gasteiger partial charge in [-0.25, -0.2) is 4.79 Å². The number of nitrogens with zero attached hydrogens (tertiary/aromatic N) is 1. The highest BCUT2D eigenvalue weighted by Gasteiger charge is 2.25. The molecule has 0 aromatic heterocycles. The highest BCUT2D eigenvalue weighted by atomic mass is 16.6. The van der Waals surface area contributed by atoms with Gasteiger partial charge in [0, 0.05) is 24.7 Å². The Balaban J connectivity index is 1.94. The lowest BCUT2D eigenvalue weighted by molar-refractivity contribution is 0.0859. The van der Waals surface area contributed by atoms with Crippen LogP contribution in [0.4, 0.5) is 4.79 Å². The second kappa shape index (κ2) is 7.49. The van der Waals surface area contributed by atoms with Crippen molar-refractivity contribution in [2.45, 2.75) is 46.6 Å². The van der Waals surface area contributed by atoms with Crippen molar-refractivity contribution < 1.29 is 14.3 Å². The van der Waals surface area contributed by atoms with Crippen molar-refractivity contribution in [1.82, 2.24) is 10.2 Å². The number of hydrogen-bond acceptors (Lipinski definition) is 3. The first-order valence-corrected chi connectivity index (χ1v) is 8.22. The summed E-state index contributed by atoms with van der Waals surface area (Å²) >= 11 is 0. The molecule has 1 aromatic carbocycles. The minimum Gasteiger partial charge on any atom is -0.450 e. The molecule has 2 rings (SSSR count). The number of ether oxygens (including phenoxy) is 1. The van der Waals surface area contributed by atoms with Gasteiger partial charge in [0.15, 0.2) is 0 Å². The van der Waals surface area contributed by atoms with Crippen LogP contribution in [0.1, 0.15) is 46.8 Å². The molecule has 5 nitrogen and oxygen atoms in total. The summed E-state index contributed by atoms with van der Waals surface area (Å²) in [6, 6.07) is 4.17. The molecule has 0 saturated carbocycles. The van der Waals surface area contributed by atoms with E-state index >= 15 is 0 Å². The summed E-state index contributed by atoms with van der Waals surface area (Å²) < 4.78 is 5.01. The lowest BCUT2D eigenvalue weighted by atomic mass is 9.98. The number of amides is 2. The van der Waals surface area contributed by atoms with E-state index in [9.17, 15) is 9.59 Å². The maximum absolute atomic E-state index is 12.6. The van der Waals surface area contributed by atoms with E-state index in [2.05, 4.69) is 5.32 Å². The number of nitrogens with one attached hydrogen (secondary N) is 1. The van der Waals surface area contributed by atoms with Gasteiger partial charge >= 0.3 is 6.09 Å². The van der Waals surface area contributed by atoms with E-state index in [1.165, 1.54) is 5.56 Å². The summed E-state index contributed by atoms with van der Waals surface area (Å²) in [6.45, 7) is 9.41. The fraction of sp³-hybridized carbons (Fsp3) is 0.556. The first-order chi connectivity index (χ1) is 10.9. The quantitative estimate of drug-likeness (QED) is 0.932. The topological polar surface area (TPSA) is 58.6 Å². The van der Waals surface area contributed by atoms with E-state index < -0.39 is 0 Å². The number of rotatable bonds is 3. The monoisotopic (exact) mass is 318 g/mol. The Morgan fingerprint density at radius 2 is 1.74 bits per heavy atom. The number of likely N-dealkylation sites (tertiary alicyclic amines) is 1. The minimum atomic E-state index is -0.262. The molecule has 5 heteroatoms. The summed E-state index contributed by atoms with van der Waals surface area (Å²) in [4.78, 5) is 26.0. The Morgan fingerprint density at radius 1 is 1.17 bits per heavy atom. The zero-order valence-corrected chi connectivity index (χ0v) is 14.4. The summed E-state index contributed by atoms with van der Waals surface area (Å²) in [7, 11) is 0. The molecular formula is C18H26N2O3. The molecule has 1 N–H and O–H groups in total. The standard InChI is InChI=1S/C18H26N2O3/c1-5-23-18(22)20-8-6-15(7-9-20)19-17(21)16-13(3)10-12(2)11-14(16)4/h10-11,15H,5-9H2,1-4H3,(H,19,21). The van der Waals surface area contributed by atoms with Crippen molar-refractivity contribution >= 4 is 12.0 Å². The SMILES string of the molecule is CCOC(=O)N1CCC(NC(=O)c2c(C)cc(C)cc2C)CC1. The third-order valence-corrected chi connectivity index (χ3v) is 4.26. The van der Waals surface area contributed by atoms with Gasteiger partial charge in [-0.2, -0.15) is 0 Å². The average molecular weight is 318 g/mol. The van der Waals surface area contributed by atoms with Crippen LogP contribution in [0.5, 0.6) is 0 Å². The van der Waals surface area contributed by atoms with Crippen molar-refractivity contribution in [2.75, 3.05) is 19.7 Å². The molecule has 126 valence electrons. The third kappa shape index (κ3) is 4.24. The van der Waals surface area contributed by atoms with E-state index in [1.807, 2.05) is 32.9 Å². The fourth-order valence-electron chi connectivity index (χ4n) is 3.22.